The summed E-state index contributed by atoms with van der Waals surface area (Å²) in [4.78, 5) is 38.1. The molecule has 4 amide bonds. The molecule has 2 aromatic rings. The number of methoxy groups -OCH3 is 1. The first-order valence-corrected chi connectivity index (χ1v) is 12.0. The van der Waals surface area contributed by atoms with Crippen LogP contribution in [0.15, 0.2) is 29.4 Å². The Bertz CT molecular complexity index is 1000. The van der Waals surface area contributed by atoms with E-state index in [9.17, 15) is 14.4 Å². The fraction of sp³-hybridized carbons (Fsp3) is 0.500. The molecule has 10 nitrogen and oxygen atoms in total. The van der Waals surface area contributed by atoms with Crippen molar-refractivity contribution in [2.45, 2.75) is 43.8 Å². The minimum atomic E-state index is -0.511. The first kappa shape index (κ1) is 23.1. The fourth-order valence-corrected chi connectivity index (χ4v) is 4.88. The number of ether oxygens (including phenoxy) is 1. The van der Waals surface area contributed by atoms with Gasteiger partial charge in [0.15, 0.2) is 5.16 Å². The molecule has 4 rings (SSSR count). The summed E-state index contributed by atoms with van der Waals surface area (Å²) in [5.74, 6) is 2.01. The van der Waals surface area contributed by atoms with Crippen LogP contribution in [0.5, 0.6) is 5.75 Å². The average molecular weight is 473 g/mol. The van der Waals surface area contributed by atoms with Crippen LogP contribution < -0.4 is 15.4 Å². The Kier molecular flexibility index (Phi) is 7.17. The zero-order valence-electron chi connectivity index (χ0n) is 18.7. The number of hydrogen-bond acceptors (Lipinski definition) is 7. The average Bonchev–Trinajstić information content (AvgIpc) is 3.19. The monoisotopic (exact) mass is 472 g/mol. The van der Waals surface area contributed by atoms with Crippen LogP contribution in [0.2, 0.25) is 0 Å². The normalized spacial score (nSPS) is 19.2. The van der Waals surface area contributed by atoms with Crippen molar-refractivity contribution in [1.29, 1.82) is 0 Å². The number of piperidine rings is 1. The van der Waals surface area contributed by atoms with Gasteiger partial charge in [-0.15, -0.1) is 10.2 Å². The van der Waals surface area contributed by atoms with Gasteiger partial charge in [0.1, 0.15) is 11.6 Å². The largest absolute Gasteiger partial charge is 0.497 e. The predicted octanol–water partition coefficient (Wildman–Crippen LogP) is 1.77. The standard InChI is InChI=1S/C22H28N6O4S/c1-14-7-9-27(10-8-14)20(30)13-33-22-26-25-18(11-15-12-19(29)24-21(31)23-15)28(22)16-3-5-17(32-2)6-4-16/h3-6,14-15H,7-13H2,1-2H3,(H2,23,24,29,31). The van der Waals surface area contributed by atoms with Gasteiger partial charge in [0, 0.05) is 37.7 Å². The second-order valence-electron chi connectivity index (χ2n) is 8.41. The first-order chi connectivity index (χ1) is 15.9. The summed E-state index contributed by atoms with van der Waals surface area (Å²) in [6, 6.07) is 6.54. The highest BCUT2D eigenvalue weighted by Gasteiger charge is 2.27. The van der Waals surface area contributed by atoms with E-state index in [-0.39, 0.29) is 30.0 Å². The lowest BCUT2D eigenvalue weighted by Crippen LogP contribution is -2.53. The van der Waals surface area contributed by atoms with E-state index in [2.05, 4.69) is 27.8 Å². The van der Waals surface area contributed by atoms with E-state index >= 15 is 0 Å². The van der Waals surface area contributed by atoms with Gasteiger partial charge in [0.2, 0.25) is 11.8 Å². The minimum absolute atomic E-state index is 0.0916. The molecule has 2 saturated heterocycles. The molecule has 0 aliphatic carbocycles. The van der Waals surface area contributed by atoms with Crippen molar-refractivity contribution in [3.05, 3.63) is 30.1 Å². The lowest BCUT2D eigenvalue weighted by atomic mass is 9.99. The number of carbonyl (C=O) groups excluding carboxylic acids is 3. The van der Waals surface area contributed by atoms with E-state index in [1.54, 1.807) is 7.11 Å². The summed E-state index contributed by atoms with van der Waals surface area (Å²) in [6.45, 7) is 3.80. The summed E-state index contributed by atoms with van der Waals surface area (Å²) in [5.41, 5.74) is 0.809. The van der Waals surface area contributed by atoms with Crippen LogP contribution in [0.1, 0.15) is 32.0 Å². The number of hydrogen-bond donors (Lipinski definition) is 2. The summed E-state index contributed by atoms with van der Waals surface area (Å²) in [5, 5.41) is 14.2. The third-order valence-electron chi connectivity index (χ3n) is 5.94. The molecule has 1 aromatic heterocycles. The Morgan fingerprint density at radius 2 is 1.91 bits per heavy atom. The molecule has 11 heteroatoms. The van der Waals surface area contributed by atoms with Gasteiger partial charge in [-0.05, 0) is 43.0 Å². The smallest absolute Gasteiger partial charge is 0.321 e. The number of benzene rings is 1. The number of rotatable bonds is 7. The van der Waals surface area contributed by atoms with Gasteiger partial charge in [-0.2, -0.15) is 0 Å². The molecule has 2 N–H and O–H groups in total. The van der Waals surface area contributed by atoms with Gasteiger partial charge in [-0.25, -0.2) is 4.79 Å². The number of amides is 4. The van der Waals surface area contributed by atoms with E-state index in [0.717, 1.165) is 31.6 Å². The minimum Gasteiger partial charge on any atom is -0.497 e. The number of thioether (sulfide) groups is 1. The summed E-state index contributed by atoms with van der Waals surface area (Å²) >= 11 is 1.34. The highest BCUT2D eigenvalue weighted by atomic mass is 32.2. The van der Waals surface area contributed by atoms with E-state index in [1.165, 1.54) is 11.8 Å². The van der Waals surface area contributed by atoms with Gasteiger partial charge in [0.05, 0.1) is 12.9 Å². The molecule has 2 aliphatic heterocycles. The zero-order chi connectivity index (χ0) is 23.4. The predicted molar refractivity (Wildman–Crippen MR) is 122 cm³/mol. The van der Waals surface area contributed by atoms with E-state index in [4.69, 9.17) is 4.74 Å². The van der Waals surface area contributed by atoms with Crippen LogP contribution in [0, 0.1) is 5.92 Å². The molecule has 176 valence electrons. The molecule has 0 radical (unpaired) electrons. The molecular formula is C22H28N6O4S. The summed E-state index contributed by atoms with van der Waals surface area (Å²) in [6.07, 6.45) is 2.55. The lowest BCUT2D eigenvalue weighted by molar-refractivity contribution is -0.129. The Labute approximate surface area is 196 Å². The van der Waals surface area contributed by atoms with Crippen molar-refractivity contribution in [2.75, 3.05) is 26.0 Å². The summed E-state index contributed by atoms with van der Waals surface area (Å²) < 4.78 is 7.13. The number of nitrogens with one attached hydrogen (secondary N) is 2. The molecule has 1 atom stereocenters. The number of carbonyl (C=O) groups is 3. The maximum atomic E-state index is 12.7. The second-order valence-corrected chi connectivity index (χ2v) is 9.35. The third kappa shape index (κ3) is 5.65. The van der Waals surface area contributed by atoms with Crippen LogP contribution in [0.4, 0.5) is 4.79 Å². The number of aromatic nitrogens is 3. The number of nitrogens with zero attached hydrogens (tertiary/aromatic N) is 4. The first-order valence-electron chi connectivity index (χ1n) is 11.0. The van der Waals surface area contributed by atoms with Crippen LogP contribution in [-0.2, 0) is 16.0 Å². The molecule has 2 fully saturated rings. The highest BCUT2D eigenvalue weighted by Crippen LogP contribution is 2.26. The van der Waals surface area contributed by atoms with Gasteiger partial charge in [-0.1, -0.05) is 18.7 Å². The molecule has 1 unspecified atom stereocenters. The van der Waals surface area contributed by atoms with Crippen molar-refractivity contribution in [2.24, 2.45) is 5.92 Å². The molecule has 0 saturated carbocycles. The third-order valence-corrected chi connectivity index (χ3v) is 6.85. The second kappa shape index (κ2) is 10.2. The Balaban J connectivity index is 1.53. The van der Waals surface area contributed by atoms with Crippen molar-refractivity contribution < 1.29 is 19.1 Å². The summed E-state index contributed by atoms with van der Waals surface area (Å²) in [7, 11) is 1.60. The fourth-order valence-electron chi connectivity index (χ4n) is 4.01. The number of urea groups is 1. The van der Waals surface area contributed by atoms with E-state index < -0.39 is 6.03 Å². The van der Waals surface area contributed by atoms with Gasteiger partial charge >= 0.3 is 6.03 Å². The van der Waals surface area contributed by atoms with E-state index in [1.807, 2.05) is 33.7 Å². The maximum absolute atomic E-state index is 12.7. The van der Waals surface area contributed by atoms with Crippen LogP contribution >= 0.6 is 11.8 Å². The maximum Gasteiger partial charge on any atom is 0.321 e. The van der Waals surface area contributed by atoms with Crippen LogP contribution in [0.3, 0.4) is 0 Å². The molecule has 0 bridgehead atoms. The Hall–Kier alpha value is -3.08. The molecule has 3 heterocycles. The Morgan fingerprint density at radius 1 is 1.18 bits per heavy atom. The van der Waals surface area contributed by atoms with Crippen LogP contribution in [-0.4, -0.2) is 69.5 Å². The number of imide groups is 1. The quantitative estimate of drug-likeness (QED) is 0.590. The van der Waals surface area contributed by atoms with Crippen molar-refractivity contribution >= 4 is 29.6 Å². The SMILES string of the molecule is COc1ccc(-n2c(CC3CC(=O)NC(=O)N3)nnc2SCC(=O)N2CCC(C)CC2)cc1. The van der Waals surface area contributed by atoms with Crippen molar-refractivity contribution in [3.63, 3.8) is 0 Å². The van der Waals surface area contributed by atoms with Crippen molar-refractivity contribution in [1.82, 2.24) is 30.3 Å². The zero-order valence-corrected chi connectivity index (χ0v) is 19.6. The molecular weight excluding hydrogens is 444 g/mol. The highest BCUT2D eigenvalue weighted by molar-refractivity contribution is 7.99. The van der Waals surface area contributed by atoms with E-state index in [0.29, 0.717) is 29.1 Å². The number of likely N-dealkylation sites (tertiary alicyclic amines) is 1. The Morgan fingerprint density at radius 3 is 2.58 bits per heavy atom. The molecule has 33 heavy (non-hydrogen) atoms. The van der Waals surface area contributed by atoms with Crippen molar-refractivity contribution in [3.8, 4) is 11.4 Å². The lowest BCUT2D eigenvalue weighted by Gasteiger charge is -2.30. The van der Waals surface area contributed by atoms with Gasteiger partial charge in [-0.3, -0.25) is 19.5 Å². The topological polar surface area (TPSA) is 118 Å². The van der Waals surface area contributed by atoms with Crippen LogP contribution in [0.25, 0.3) is 5.69 Å². The van der Waals surface area contributed by atoms with Gasteiger partial charge in [0.25, 0.3) is 0 Å². The van der Waals surface area contributed by atoms with Gasteiger partial charge < -0.3 is 15.0 Å². The molecule has 0 spiro atoms. The molecule has 1 aromatic carbocycles. The molecule has 2 aliphatic rings.